The maximum absolute atomic E-state index is 3.47. The largest absolute Gasteiger partial charge is 0.364 e. The lowest BCUT2D eigenvalue weighted by molar-refractivity contribution is 0.577. The molecule has 0 radical (unpaired) electrons. The van der Waals surface area contributed by atoms with Crippen molar-refractivity contribution in [1.29, 1.82) is 0 Å². The lowest BCUT2D eigenvalue weighted by atomic mass is 10.2. The van der Waals surface area contributed by atoms with Gasteiger partial charge in [-0.15, -0.1) is 11.3 Å². The normalized spacial score (nSPS) is 12.9. The first-order chi connectivity index (χ1) is 6.86. The second kappa shape index (κ2) is 4.44. The van der Waals surface area contributed by atoms with Gasteiger partial charge in [0.15, 0.2) is 0 Å². The lowest BCUT2D eigenvalue weighted by Gasteiger charge is -2.10. The van der Waals surface area contributed by atoms with Crippen molar-refractivity contribution >= 4 is 11.3 Å². The van der Waals surface area contributed by atoms with Crippen molar-refractivity contribution in [2.45, 2.75) is 19.5 Å². The fraction of sp³-hybridized carbons (Fsp3) is 0.273. The number of aromatic nitrogens is 1. The molecule has 1 atom stereocenters. The number of aromatic amines is 1. The van der Waals surface area contributed by atoms with Crippen molar-refractivity contribution in [1.82, 2.24) is 10.3 Å². The summed E-state index contributed by atoms with van der Waals surface area (Å²) in [6.07, 6.45) is 1.95. The Labute approximate surface area is 88.0 Å². The third-order valence-electron chi connectivity index (χ3n) is 2.23. The van der Waals surface area contributed by atoms with Gasteiger partial charge in [0.05, 0.1) is 0 Å². The Morgan fingerprint density at radius 1 is 1.43 bits per heavy atom. The highest BCUT2D eigenvalue weighted by molar-refractivity contribution is 7.10. The molecule has 2 N–H and O–H groups in total. The van der Waals surface area contributed by atoms with Crippen LogP contribution in [0.15, 0.2) is 35.8 Å². The van der Waals surface area contributed by atoms with Crippen LogP contribution in [0.5, 0.6) is 0 Å². The zero-order valence-corrected chi connectivity index (χ0v) is 8.97. The van der Waals surface area contributed by atoms with Gasteiger partial charge < -0.3 is 10.3 Å². The van der Waals surface area contributed by atoms with Crippen LogP contribution < -0.4 is 5.32 Å². The summed E-state index contributed by atoms with van der Waals surface area (Å²) in [5.74, 6) is 0. The predicted octanol–water partition coefficient (Wildman–Crippen LogP) is 2.93. The number of hydrogen-bond acceptors (Lipinski definition) is 2. The van der Waals surface area contributed by atoms with Crippen molar-refractivity contribution in [3.05, 3.63) is 46.4 Å². The van der Waals surface area contributed by atoms with Gasteiger partial charge in [0, 0.05) is 29.4 Å². The molecular weight excluding hydrogens is 192 g/mol. The highest BCUT2D eigenvalue weighted by Gasteiger charge is 2.04. The molecule has 0 aromatic carbocycles. The summed E-state index contributed by atoms with van der Waals surface area (Å²) in [7, 11) is 0. The van der Waals surface area contributed by atoms with Crippen LogP contribution in [0, 0.1) is 0 Å². The first-order valence-corrected chi connectivity index (χ1v) is 5.63. The molecule has 2 nitrogen and oxygen atoms in total. The van der Waals surface area contributed by atoms with Crippen molar-refractivity contribution in [2.24, 2.45) is 0 Å². The zero-order valence-electron chi connectivity index (χ0n) is 8.16. The predicted molar refractivity (Wildman–Crippen MR) is 60.4 cm³/mol. The molecule has 2 aromatic rings. The molecule has 3 heteroatoms. The summed E-state index contributed by atoms with van der Waals surface area (Å²) < 4.78 is 0. The summed E-state index contributed by atoms with van der Waals surface area (Å²) >= 11 is 1.80. The maximum atomic E-state index is 3.47. The van der Waals surface area contributed by atoms with E-state index in [9.17, 15) is 0 Å². The van der Waals surface area contributed by atoms with E-state index in [1.807, 2.05) is 12.3 Å². The summed E-state index contributed by atoms with van der Waals surface area (Å²) in [6.45, 7) is 3.08. The van der Waals surface area contributed by atoms with Gasteiger partial charge in [-0.3, -0.25) is 0 Å². The molecule has 0 aliphatic carbocycles. The molecule has 74 valence electrons. The Morgan fingerprint density at radius 3 is 3.00 bits per heavy atom. The smallest absolute Gasteiger partial charge is 0.0389 e. The van der Waals surface area contributed by atoms with Crippen LogP contribution in [0.3, 0.4) is 0 Å². The second-order valence-corrected chi connectivity index (χ2v) is 4.29. The van der Waals surface area contributed by atoms with Crippen LogP contribution in [0.4, 0.5) is 0 Å². The molecule has 0 saturated carbocycles. The quantitative estimate of drug-likeness (QED) is 0.791. The van der Waals surface area contributed by atoms with Gasteiger partial charge in [0.2, 0.25) is 0 Å². The van der Waals surface area contributed by atoms with Crippen LogP contribution in [-0.2, 0) is 6.54 Å². The SMILES string of the molecule is CC(NCc1ccc[nH]1)c1cccs1. The minimum absolute atomic E-state index is 0.429. The van der Waals surface area contributed by atoms with E-state index >= 15 is 0 Å². The van der Waals surface area contributed by atoms with Gasteiger partial charge in [-0.2, -0.15) is 0 Å². The summed E-state index contributed by atoms with van der Waals surface area (Å²) in [6, 6.07) is 8.79. The molecule has 0 aliphatic rings. The Hall–Kier alpha value is -1.06. The Bertz CT molecular complexity index is 351. The topological polar surface area (TPSA) is 27.8 Å². The number of rotatable bonds is 4. The van der Waals surface area contributed by atoms with Gasteiger partial charge >= 0.3 is 0 Å². The second-order valence-electron chi connectivity index (χ2n) is 3.31. The van der Waals surface area contributed by atoms with Crippen LogP contribution >= 0.6 is 11.3 Å². The van der Waals surface area contributed by atoms with Crippen LogP contribution in [0.2, 0.25) is 0 Å². The van der Waals surface area contributed by atoms with E-state index in [-0.39, 0.29) is 0 Å². The molecule has 2 aromatic heterocycles. The first kappa shape index (κ1) is 9.49. The van der Waals surface area contributed by atoms with Gasteiger partial charge in [0.25, 0.3) is 0 Å². The fourth-order valence-corrected chi connectivity index (χ4v) is 2.14. The Balaban J connectivity index is 1.87. The molecule has 0 spiro atoms. The van der Waals surface area contributed by atoms with Crippen LogP contribution in [0.25, 0.3) is 0 Å². The van der Waals surface area contributed by atoms with E-state index in [0.29, 0.717) is 6.04 Å². The van der Waals surface area contributed by atoms with Crippen LogP contribution in [-0.4, -0.2) is 4.98 Å². The van der Waals surface area contributed by atoms with E-state index in [4.69, 9.17) is 0 Å². The molecule has 0 aliphatic heterocycles. The molecule has 2 rings (SSSR count). The zero-order chi connectivity index (χ0) is 9.80. The van der Waals surface area contributed by atoms with Gasteiger partial charge in [-0.05, 0) is 30.5 Å². The van der Waals surface area contributed by atoms with Crippen LogP contribution in [0.1, 0.15) is 23.5 Å². The lowest BCUT2D eigenvalue weighted by Crippen LogP contribution is -2.17. The van der Waals surface area contributed by atoms with E-state index in [1.165, 1.54) is 10.6 Å². The van der Waals surface area contributed by atoms with E-state index in [2.05, 4.69) is 40.8 Å². The monoisotopic (exact) mass is 206 g/mol. The maximum Gasteiger partial charge on any atom is 0.0389 e. The van der Waals surface area contributed by atoms with E-state index in [1.54, 1.807) is 11.3 Å². The molecular formula is C11H14N2S. The standard InChI is InChI=1S/C11H14N2S/c1-9(11-5-3-7-14-11)13-8-10-4-2-6-12-10/h2-7,9,12-13H,8H2,1H3. The average Bonchev–Trinajstić information content (AvgIpc) is 2.87. The number of nitrogens with one attached hydrogen (secondary N) is 2. The third-order valence-corrected chi connectivity index (χ3v) is 3.29. The molecule has 14 heavy (non-hydrogen) atoms. The van der Waals surface area contributed by atoms with Gasteiger partial charge in [-0.25, -0.2) is 0 Å². The van der Waals surface area contributed by atoms with Gasteiger partial charge in [-0.1, -0.05) is 6.07 Å². The summed E-state index contributed by atoms with van der Waals surface area (Å²) in [5.41, 5.74) is 1.23. The molecule has 0 fully saturated rings. The summed E-state index contributed by atoms with van der Waals surface area (Å²) in [4.78, 5) is 4.56. The Morgan fingerprint density at radius 2 is 2.36 bits per heavy atom. The number of H-pyrrole nitrogens is 1. The number of hydrogen-bond donors (Lipinski definition) is 2. The highest BCUT2D eigenvalue weighted by atomic mass is 32.1. The molecule has 0 bridgehead atoms. The van der Waals surface area contributed by atoms with E-state index in [0.717, 1.165) is 6.54 Å². The third kappa shape index (κ3) is 2.25. The fourth-order valence-electron chi connectivity index (χ4n) is 1.38. The minimum atomic E-state index is 0.429. The summed E-state index contributed by atoms with van der Waals surface area (Å²) in [5, 5.41) is 5.58. The van der Waals surface area contributed by atoms with Crippen molar-refractivity contribution in [3.63, 3.8) is 0 Å². The minimum Gasteiger partial charge on any atom is -0.364 e. The van der Waals surface area contributed by atoms with Crippen molar-refractivity contribution in [2.75, 3.05) is 0 Å². The highest BCUT2D eigenvalue weighted by Crippen LogP contribution is 2.18. The number of thiophene rings is 1. The Kier molecular flexibility index (Phi) is 3.01. The molecule has 0 saturated heterocycles. The van der Waals surface area contributed by atoms with Crippen molar-refractivity contribution < 1.29 is 0 Å². The average molecular weight is 206 g/mol. The van der Waals surface area contributed by atoms with E-state index < -0.39 is 0 Å². The van der Waals surface area contributed by atoms with Gasteiger partial charge in [0.1, 0.15) is 0 Å². The molecule has 2 heterocycles. The van der Waals surface area contributed by atoms with Crippen molar-refractivity contribution in [3.8, 4) is 0 Å². The molecule has 0 amide bonds. The molecule has 1 unspecified atom stereocenters. The first-order valence-electron chi connectivity index (χ1n) is 4.75.